The number of hydrogen-bond acceptors (Lipinski definition) is 6. The summed E-state index contributed by atoms with van der Waals surface area (Å²) in [4.78, 5) is 18.9. The lowest BCUT2D eigenvalue weighted by molar-refractivity contribution is -0.135. The highest BCUT2D eigenvalue weighted by molar-refractivity contribution is 5.76. The maximum Gasteiger partial charge on any atom is 0.252 e. The molecule has 2 fully saturated rings. The molecule has 0 radical (unpaired) electrons. The van der Waals surface area contributed by atoms with Gasteiger partial charge in [0.25, 0.3) is 5.89 Å². The van der Waals surface area contributed by atoms with Gasteiger partial charge >= 0.3 is 0 Å². The number of piperidine rings is 1. The maximum absolute atomic E-state index is 12.6. The van der Waals surface area contributed by atoms with Crippen LogP contribution in [0.1, 0.15) is 55.3 Å². The van der Waals surface area contributed by atoms with Crippen molar-refractivity contribution in [2.75, 3.05) is 20.2 Å². The minimum atomic E-state index is 0.0193. The second kappa shape index (κ2) is 8.73. The van der Waals surface area contributed by atoms with Crippen molar-refractivity contribution >= 4 is 5.91 Å². The molecule has 1 saturated carbocycles. The number of aryl methyl sites for hydroxylation is 1. The number of aromatic nitrogens is 2. The summed E-state index contributed by atoms with van der Waals surface area (Å²) in [5.74, 6) is 2.80. The van der Waals surface area contributed by atoms with E-state index >= 15 is 0 Å². The molecule has 0 spiro atoms. The number of carbonyl (C=O) groups excluding carboxylic acids is 1. The number of likely N-dealkylation sites (tertiary alicyclic amines) is 1. The molecule has 1 saturated heterocycles. The van der Waals surface area contributed by atoms with Gasteiger partial charge in [0.1, 0.15) is 12.4 Å². The first-order chi connectivity index (χ1) is 13.7. The molecule has 0 bridgehead atoms. The first-order valence-electron chi connectivity index (χ1n) is 10.1. The van der Waals surface area contributed by atoms with Crippen LogP contribution >= 0.6 is 0 Å². The summed E-state index contributed by atoms with van der Waals surface area (Å²) in [7, 11) is 1.65. The molecule has 0 N–H and O–H groups in total. The summed E-state index contributed by atoms with van der Waals surface area (Å²) < 4.78 is 16.5. The number of ether oxygens (including phenoxy) is 2. The number of amides is 1. The molecular weight excluding hydrogens is 358 g/mol. The molecule has 1 unspecified atom stereocenters. The van der Waals surface area contributed by atoms with Crippen LogP contribution in [0.25, 0.3) is 0 Å². The average Bonchev–Trinajstić information content (AvgIpc) is 3.49. The number of methoxy groups -OCH3 is 1. The number of rotatable bonds is 8. The summed E-state index contributed by atoms with van der Waals surface area (Å²) in [6.07, 6.45) is 5.42. The molecule has 150 valence electrons. The lowest BCUT2D eigenvalue weighted by Gasteiger charge is -2.32. The molecular formula is C21H27N3O4. The summed E-state index contributed by atoms with van der Waals surface area (Å²) in [5.41, 5.74) is 1.11. The van der Waals surface area contributed by atoms with E-state index in [1.165, 1.54) is 0 Å². The minimum Gasteiger partial charge on any atom is -0.497 e. The van der Waals surface area contributed by atoms with Crippen molar-refractivity contribution in [3.8, 4) is 5.75 Å². The van der Waals surface area contributed by atoms with Crippen molar-refractivity contribution in [3.05, 3.63) is 41.5 Å². The predicted octanol–water partition coefficient (Wildman–Crippen LogP) is 3.10. The van der Waals surface area contributed by atoms with Gasteiger partial charge in [-0.05, 0) is 49.8 Å². The summed E-state index contributed by atoms with van der Waals surface area (Å²) in [6.45, 7) is 1.74. The van der Waals surface area contributed by atoms with Crippen molar-refractivity contribution in [3.63, 3.8) is 0 Å². The Bertz CT molecular complexity index is 802. The normalized spacial score (nSPS) is 19.6. The summed E-state index contributed by atoms with van der Waals surface area (Å²) in [6, 6.07) is 7.87. The third-order valence-electron chi connectivity index (χ3n) is 5.36. The third-order valence-corrected chi connectivity index (χ3v) is 5.36. The number of nitrogens with zero attached hydrogens (tertiary/aromatic N) is 3. The zero-order valence-corrected chi connectivity index (χ0v) is 16.3. The van der Waals surface area contributed by atoms with E-state index in [9.17, 15) is 4.79 Å². The second-order valence-electron chi connectivity index (χ2n) is 7.59. The van der Waals surface area contributed by atoms with E-state index in [0.29, 0.717) is 37.8 Å². The van der Waals surface area contributed by atoms with Gasteiger partial charge in [-0.25, -0.2) is 0 Å². The lowest BCUT2D eigenvalue weighted by atomic mass is 10.1. The van der Waals surface area contributed by atoms with Crippen LogP contribution in [0.3, 0.4) is 0 Å². The highest BCUT2D eigenvalue weighted by Crippen LogP contribution is 2.38. The van der Waals surface area contributed by atoms with Crippen LogP contribution < -0.4 is 4.74 Å². The predicted molar refractivity (Wildman–Crippen MR) is 102 cm³/mol. The van der Waals surface area contributed by atoms with Crippen LogP contribution in [-0.2, 0) is 22.6 Å². The van der Waals surface area contributed by atoms with E-state index in [1.54, 1.807) is 7.11 Å². The van der Waals surface area contributed by atoms with Gasteiger partial charge in [-0.15, -0.1) is 0 Å². The molecule has 1 aromatic heterocycles. The second-order valence-corrected chi connectivity index (χ2v) is 7.59. The fourth-order valence-electron chi connectivity index (χ4n) is 3.56. The van der Waals surface area contributed by atoms with E-state index in [4.69, 9.17) is 14.0 Å². The molecule has 7 nitrogen and oxygen atoms in total. The zero-order valence-electron chi connectivity index (χ0n) is 16.3. The largest absolute Gasteiger partial charge is 0.497 e. The van der Waals surface area contributed by atoms with Gasteiger partial charge in [0.15, 0.2) is 5.82 Å². The number of benzene rings is 1. The van der Waals surface area contributed by atoms with E-state index in [1.807, 2.05) is 29.2 Å². The van der Waals surface area contributed by atoms with Gasteiger partial charge in [0.05, 0.1) is 13.2 Å². The van der Waals surface area contributed by atoms with Crippen molar-refractivity contribution in [1.29, 1.82) is 0 Å². The zero-order chi connectivity index (χ0) is 19.3. The van der Waals surface area contributed by atoms with Crippen molar-refractivity contribution in [1.82, 2.24) is 15.0 Å². The summed E-state index contributed by atoms with van der Waals surface area (Å²) in [5, 5.41) is 4.01. The Morgan fingerprint density at radius 3 is 3.04 bits per heavy atom. The van der Waals surface area contributed by atoms with Crippen molar-refractivity contribution < 1.29 is 18.8 Å². The molecule has 1 amide bonds. The molecule has 4 rings (SSSR count). The summed E-state index contributed by atoms with van der Waals surface area (Å²) >= 11 is 0. The molecule has 1 aliphatic carbocycles. The number of hydrogen-bond donors (Lipinski definition) is 0. The Labute approximate surface area is 165 Å². The van der Waals surface area contributed by atoms with Gasteiger partial charge in [0, 0.05) is 25.4 Å². The van der Waals surface area contributed by atoms with E-state index in [-0.39, 0.29) is 12.0 Å². The molecule has 28 heavy (non-hydrogen) atoms. The molecule has 1 aliphatic heterocycles. The van der Waals surface area contributed by atoms with Crippen LogP contribution in [-0.4, -0.2) is 47.3 Å². The van der Waals surface area contributed by atoms with Crippen molar-refractivity contribution in [2.45, 2.75) is 57.2 Å². The Morgan fingerprint density at radius 1 is 1.32 bits per heavy atom. The minimum absolute atomic E-state index is 0.0193. The van der Waals surface area contributed by atoms with Gasteiger partial charge in [-0.3, -0.25) is 4.79 Å². The Hall–Kier alpha value is -2.41. The van der Waals surface area contributed by atoms with Crippen LogP contribution in [0.2, 0.25) is 0 Å². The number of carbonyl (C=O) groups is 1. The topological polar surface area (TPSA) is 77.7 Å². The average molecular weight is 385 g/mol. The molecule has 7 heteroatoms. The highest BCUT2D eigenvalue weighted by Gasteiger charge is 2.29. The van der Waals surface area contributed by atoms with Gasteiger partial charge in [-0.2, -0.15) is 4.98 Å². The smallest absolute Gasteiger partial charge is 0.252 e. The van der Waals surface area contributed by atoms with Crippen LogP contribution in [0.4, 0.5) is 0 Å². The van der Waals surface area contributed by atoms with E-state index < -0.39 is 0 Å². The fourth-order valence-corrected chi connectivity index (χ4v) is 3.56. The van der Waals surface area contributed by atoms with E-state index in [2.05, 4.69) is 10.1 Å². The maximum atomic E-state index is 12.6. The van der Waals surface area contributed by atoms with Gasteiger partial charge < -0.3 is 18.9 Å². The lowest BCUT2D eigenvalue weighted by Crippen LogP contribution is -2.43. The molecule has 2 aromatic rings. The molecule has 2 heterocycles. The van der Waals surface area contributed by atoms with Gasteiger partial charge in [-0.1, -0.05) is 17.3 Å². The Morgan fingerprint density at radius 2 is 2.21 bits per heavy atom. The molecule has 1 aromatic carbocycles. The highest BCUT2D eigenvalue weighted by atomic mass is 16.5. The molecule has 2 aliphatic rings. The Balaban J connectivity index is 1.23. The fraction of sp³-hybridized carbons (Fsp3) is 0.571. The standard InChI is InChI=1S/C21H27N3O4/c1-26-17-5-2-4-15(12-17)7-10-20(25)24-11-3-6-18(13-24)27-14-19-22-21(23-28-19)16-8-9-16/h2,4-5,12,16,18H,3,6-11,13-14H2,1H3. The quantitative estimate of drug-likeness (QED) is 0.695. The molecule has 1 atom stereocenters. The first kappa shape index (κ1) is 18.9. The van der Waals surface area contributed by atoms with Crippen LogP contribution in [0, 0.1) is 0 Å². The Kier molecular flexibility index (Phi) is 5.90. The van der Waals surface area contributed by atoms with Crippen molar-refractivity contribution in [2.24, 2.45) is 0 Å². The van der Waals surface area contributed by atoms with Crippen LogP contribution in [0.5, 0.6) is 5.75 Å². The monoisotopic (exact) mass is 385 g/mol. The van der Waals surface area contributed by atoms with Crippen LogP contribution in [0.15, 0.2) is 28.8 Å². The first-order valence-corrected chi connectivity index (χ1v) is 10.1. The van der Waals surface area contributed by atoms with Gasteiger partial charge in [0.2, 0.25) is 5.91 Å². The third kappa shape index (κ3) is 4.90. The van der Waals surface area contributed by atoms with E-state index in [0.717, 1.165) is 49.4 Å². The SMILES string of the molecule is COc1cccc(CCC(=O)N2CCCC(OCc3nc(C4CC4)no3)C2)c1.